The van der Waals surface area contributed by atoms with Crippen LogP contribution in [0.5, 0.6) is 0 Å². The van der Waals surface area contributed by atoms with E-state index in [2.05, 4.69) is 56.8 Å². The normalized spacial score (nSPS) is 19.9. The summed E-state index contributed by atoms with van der Waals surface area (Å²) in [6.07, 6.45) is 7.98. The van der Waals surface area contributed by atoms with Crippen LogP contribution in [0.1, 0.15) is 38.5 Å². The van der Waals surface area contributed by atoms with Gasteiger partial charge in [0.2, 0.25) is 5.91 Å². The third kappa shape index (κ3) is 5.04. The highest BCUT2D eigenvalue weighted by Crippen LogP contribution is 2.38. The van der Waals surface area contributed by atoms with E-state index >= 15 is 0 Å². The molecule has 0 aliphatic carbocycles. The van der Waals surface area contributed by atoms with Crippen molar-refractivity contribution < 1.29 is 4.79 Å². The summed E-state index contributed by atoms with van der Waals surface area (Å²) >= 11 is 1.68. The number of nitrogens with one attached hydrogen (secondary N) is 1. The van der Waals surface area contributed by atoms with Gasteiger partial charge in [0.05, 0.1) is 5.39 Å². The molecule has 2 aliphatic rings. The largest absolute Gasteiger partial charge is 0.356 e. The maximum absolute atomic E-state index is 12.5. The number of carbonyl (C=O) groups is 1. The quantitative estimate of drug-likeness (QED) is 0.556. The van der Waals surface area contributed by atoms with Gasteiger partial charge in [-0.25, -0.2) is 9.97 Å². The van der Waals surface area contributed by atoms with E-state index in [9.17, 15) is 4.79 Å². The molecule has 3 aromatic rings. The number of aromatic nitrogens is 2. The van der Waals surface area contributed by atoms with E-state index in [-0.39, 0.29) is 5.91 Å². The van der Waals surface area contributed by atoms with Gasteiger partial charge in [-0.3, -0.25) is 4.79 Å². The second kappa shape index (κ2) is 10.2. The molecular weight excluding hydrogens is 430 g/mol. The van der Waals surface area contributed by atoms with Crippen LogP contribution >= 0.6 is 11.3 Å². The van der Waals surface area contributed by atoms with Crippen LogP contribution in [0.25, 0.3) is 21.3 Å². The summed E-state index contributed by atoms with van der Waals surface area (Å²) in [6.45, 7) is 3.85. The number of piperidine rings is 1. The molecule has 2 aromatic heterocycles. The molecule has 0 spiro atoms. The van der Waals surface area contributed by atoms with Crippen molar-refractivity contribution >= 4 is 33.3 Å². The Labute approximate surface area is 200 Å². The molecule has 33 heavy (non-hydrogen) atoms. The molecule has 0 radical (unpaired) electrons. The monoisotopic (exact) mass is 463 g/mol. The van der Waals surface area contributed by atoms with E-state index < -0.39 is 0 Å². The molecule has 1 atom stereocenters. The number of hydrogen-bond donors (Lipinski definition) is 1. The molecular formula is C26H33N5OS. The molecule has 6 nitrogen and oxygen atoms in total. The van der Waals surface area contributed by atoms with Gasteiger partial charge in [-0.15, -0.1) is 11.3 Å². The van der Waals surface area contributed by atoms with Crippen LogP contribution in [0.2, 0.25) is 0 Å². The maximum atomic E-state index is 12.5. The van der Waals surface area contributed by atoms with Gasteiger partial charge in [0.15, 0.2) is 0 Å². The number of benzene rings is 1. The molecule has 1 aromatic carbocycles. The SMILES string of the molecule is CN1CCCC1CCNC(=O)CC1CCN(c2ncnc3scc(-c4ccccc4)c23)CC1. The van der Waals surface area contributed by atoms with Crippen molar-refractivity contribution in [2.75, 3.05) is 38.1 Å². The molecule has 0 saturated carbocycles. The van der Waals surface area contributed by atoms with Crippen LogP contribution in [-0.4, -0.2) is 60.0 Å². The molecule has 2 fully saturated rings. The summed E-state index contributed by atoms with van der Waals surface area (Å²) < 4.78 is 0. The van der Waals surface area contributed by atoms with Crippen molar-refractivity contribution in [3.8, 4) is 11.1 Å². The highest BCUT2D eigenvalue weighted by atomic mass is 32.1. The zero-order chi connectivity index (χ0) is 22.6. The molecule has 4 heterocycles. The van der Waals surface area contributed by atoms with Crippen molar-refractivity contribution in [1.29, 1.82) is 0 Å². The lowest BCUT2D eigenvalue weighted by Gasteiger charge is -2.33. The fourth-order valence-corrected chi connectivity index (χ4v) is 6.25. The van der Waals surface area contributed by atoms with Crippen LogP contribution in [0, 0.1) is 5.92 Å². The van der Waals surface area contributed by atoms with E-state index in [0.29, 0.717) is 18.4 Å². The average Bonchev–Trinajstić information content (AvgIpc) is 3.46. The number of amides is 1. The fourth-order valence-electron chi connectivity index (χ4n) is 5.33. The maximum Gasteiger partial charge on any atom is 0.220 e. The lowest BCUT2D eigenvalue weighted by atomic mass is 9.93. The first-order valence-electron chi connectivity index (χ1n) is 12.2. The predicted octanol–water partition coefficient (Wildman–Crippen LogP) is 4.57. The standard InChI is InChI=1S/C26H33N5OS/c1-30-13-5-8-21(30)9-12-27-23(32)16-19-10-14-31(15-11-19)25-24-22(20-6-3-2-4-7-20)17-33-26(24)29-18-28-25/h2-4,6-7,17-19,21H,5,8-16H2,1H3,(H,27,32). The summed E-state index contributed by atoms with van der Waals surface area (Å²) in [5.41, 5.74) is 2.41. The third-order valence-electron chi connectivity index (χ3n) is 7.29. The lowest BCUT2D eigenvalue weighted by molar-refractivity contribution is -0.122. The minimum atomic E-state index is 0.211. The van der Waals surface area contributed by atoms with E-state index in [0.717, 1.165) is 54.9 Å². The summed E-state index contributed by atoms with van der Waals surface area (Å²) in [6, 6.07) is 11.1. The summed E-state index contributed by atoms with van der Waals surface area (Å²) in [4.78, 5) is 27.6. The Kier molecular flexibility index (Phi) is 6.88. The lowest BCUT2D eigenvalue weighted by Crippen LogP contribution is -2.37. The first-order chi connectivity index (χ1) is 16.2. The average molecular weight is 464 g/mol. The molecule has 174 valence electrons. The van der Waals surface area contributed by atoms with Crippen LogP contribution < -0.4 is 10.2 Å². The Morgan fingerprint density at radius 1 is 1.12 bits per heavy atom. The number of rotatable bonds is 7. The Hall–Kier alpha value is -2.51. The number of likely N-dealkylation sites (tertiary alicyclic amines) is 1. The second-order valence-corrected chi connectivity index (χ2v) is 10.3. The summed E-state index contributed by atoms with van der Waals surface area (Å²) in [5.74, 6) is 1.69. The Bertz CT molecular complexity index is 1080. The zero-order valence-corrected chi connectivity index (χ0v) is 20.2. The number of anilines is 1. The smallest absolute Gasteiger partial charge is 0.220 e. The van der Waals surface area contributed by atoms with Crippen molar-refractivity contribution in [2.45, 2.75) is 44.6 Å². The van der Waals surface area contributed by atoms with E-state index in [4.69, 9.17) is 4.98 Å². The first-order valence-corrected chi connectivity index (χ1v) is 13.1. The van der Waals surface area contributed by atoms with Crippen LogP contribution in [0.15, 0.2) is 42.0 Å². The minimum Gasteiger partial charge on any atom is -0.356 e. The Morgan fingerprint density at radius 2 is 1.94 bits per heavy atom. The van der Waals surface area contributed by atoms with Crippen molar-refractivity contribution in [3.63, 3.8) is 0 Å². The first kappa shape index (κ1) is 22.3. The van der Waals surface area contributed by atoms with Gasteiger partial charge >= 0.3 is 0 Å². The summed E-state index contributed by atoms with van der Waals surface area (Å²) in [7, 11) is 2.19. The van der Waals surface area contributed by atoms with E-state index in [1.54, 1.807) is 17.7 Å². The number of hydrogen-bond acceptors (Lipinski definition) is 6. The number of nitrogens with zero attached hydrogens (tertiary/aromatic N) is 4. The molecule has 0 bridgehead atoms. The molecule has 1 unspecified atom stereocenters. The van der Waals surface area contributed by atoms with Gasteiger partial charge in [0.25, 0.3) is 0 Å². The van der Waals surface area contributed by atoms with Crippen molar-refractivity contribution in [3.05, 3.63) is 42.0 Å². The number of fused-ring (bicyclic) bond motifs is 1. The third-order valence-corrected chi connectivity index (χ3v) is 8.18. The number of thiophene rings is 1. The Morgan fingerprint density at radius 3 is 2.70 bits per heavy atom. The molecule has 1 N–H and O–H groups in total. The molecule has 2 saturated heterocycles. The van der Waals surface area contributed by atoms with E-state index in [1.165, 1.54) is 30.5 Å². The van der Waals surface area contributed by atoms with Crippen LogP contribution in [-0.2, 0) is 4.79 Å². The molecule has 5 rings (SSSR count). The van der Waals surface area contributed by atoms with Gasteiger partial charge in [-0.05, 0) is 57.2 Å². The van der Waals surface area contributed by atoms with Gasteiger partial charge < -0.3 is 15.1 Å². The van der Waals surface area contributed by atoms with Gasteiger partial charge in [-0.2, -0.15) is 0 Å². The number of carbonyl (C=O) groups excluding carboxylic acids is 1. The zero-order valence-electron chi connectivity index (χ0n) is 19.4. The molecule has 7 heteroatoms. The minimum absolute atomic E-state index is 0.211. The van der Waals surface area contributed by atoms with Crippen LogP contribution in [0.3, 0.4) is 0 Å². The van der Waals surface area contributed by atoms with Crippen LogP contribution in [0.4, 0.5) is 5.82 Å². The fraction of sp³-hybridized carbons (Fsp3) is 0.500. The summed E-state index contributed by atoms with van der Waals surface area (Å²) in [5, 5.41) is 6.52. The van der Waals surface area contributed by atoms with E-state index in [1.807, 2.05) is 6.07 Å². The van der Waals surface area contributed by atoms with Gasteiger partial charge in [-0.1, -0.05) is 30.3 Å². The Balaban J connectivity index is 1.18. The van der Waals surface area contributed by atoms with Gasteiger partial charge in [0, 0.05) is 43.0 Å². The topological polar surface area (TPSA) is 61.4 Å². The highest BCUT2D eigenvalue weighted by Gasteiger charge is 2.25. The molecule has 2 aliphatic heterocycles. The highest BCUT2D eigenvalue weighted by molar-refractivity contribution is 7.17. The molecule has 1 amide bonds. The van der Waals surface area contributed by atoms with Gasteiger partial charge in [0.1, 0.15) is 17.0 Å². The second-order valence-electron chi connectivity index (χ2n) is 9.44. The predicted molar refractivity (Wildman–Crippen MR) is 136 cm³/mol. The van der Waals surface area contributed by atoms with Crippen molar-refractivity contribution in [1.82, 2.24) is 20.2 Å². The van der Waals surface area contributed by atoms with Crippen molar-refractivity contribution in [2.24, 2.45) is 5.92 Å².